The molecule has 0 bridgehead atoms. The van der Waals surface area contributed by atoms with Gasteiger partial charge in [0.1, 0.15) is 18.2 Å². The van der Waals surface area contributed by atoms with Crippen LogP contribution in [-0.2, 0) is 0 Å². The summed E-state index contributed by atoms with van der Waals surface area (Å²) in [5, 5.41) is 2.08. The molecule has 1 aromatic heterocycles. The molecule has 1 aliphatic heterocycles. The molecule has 0 atom stereocenters. The fourth-order valence-electron chi connectivity index (χ4n) is 3.20. The zero-order valence-corrected chi connectivity index (χ0v) is 16.5. The fraction of sp³-hybridized carbons (Fsp3) is 0.273. The van der Waals surface area contributed by atoms with Crippen LogP contribution in [0.3, 0.4) is 0 Å². The van der Waals surface area contributed by atoms with Gasteiger partial charge in [-0.2, -0.15) is 0 Å². The van der Waals surface area contributed by atoms with Gasteiger partial charge in [0.25, 0.3) is 0 Å². The quantitative estimate of drug-likeness (QED) is 0.476. The number of pyridine rings is 1. The zero-order chi connectivity index (χ0) is 19.0. The van der Waals surface area contributed by atoms with Gasteiger partial charge >= 0.3 is 0 Å². The van der Waals surface area contributed by atoms with Gasteiger partial charge in [-0.05, 0) is 61.7 Å². The number of hydrogen-bond donors (Lipinski definition) is 0. The Morgan fingerprint density at radius 2 is 1.70 bits per heavy atom. The number of carbonyl (C=O) groups is 1. The number of benzene rings is 2. The van der Waals surface area contributed by atoms with Gasteiger partial charge in [0, 0.05) is 10.9 Å². The van der Waals surface area contributed by atoms with E-state index >= 15 is 0 Å². The van der Waals surface area contributed by atoms with Crippen molar-refractivity contribution in [1.82, 2.24) is 4.98 Å². The second kappa shape index (κ2) is 7.24. The molecular formula is C22H21NO3S. The smallest absolute Gasteiger partial charge is 0.173 e. The van der Waals surface area contributed by atoms with Gasteiger partial charge in [-0.3, -0.25) is 4.79 Å². The Kier molecular flexibility index (Phi) is 4.79. The highest BCUT2D eigenvalue weighted by molar-refractivity contribution is 8.00. The third-order valence-electron chi connectivity index (χ3n) is 4.75. The van der Waals surface area contributed by atoms with E-state index in [2.05, 4.69) is 32.0 Å². The molecule has 0 saturated heterocycles. The van der Waals surface area contributed by atoms with Crippen molar-refractivity contribution in [2.75, 3.05) is 19.0 Å². The number of nitrogens with zero attached hydrogens (tertiary/aromatic N) is 1. The molecule has 0 aliphatic carbocycles. The average Bonchev–Trinajstić information content (AvgIpc) is 2.69. The molecule has 0 radical (unpaired) electrons. The number of thioether (sulfide) groups is 1. The zero-order valence-electron chi connectivity index (χ0n) is 15.7. The Morgan fingerprint density at radius 1 is 0.963 bits per heavy atom. The van der Waals surface area contributed by atoms with Crippen molar-refractivity contribution in [1.29, 1.82) is 0 Å². The lowest BCUT2D eigenvalue weighted by Gasteiger charge is -2.18. The molecule has 0 unspecified atom stereocenters. The van der Waals surface area contributed by atoms with Crippen LogP contribution in [0, 0.1) is 20.8 Å². The van der Waals surface area contributed by atoms with Crippen molar-refractivity contribution in [3.63, 3.8) is 0 Å². The minimum absolute atomic E-state index is 0.0548. The van der Waals surface area contributed by atoms with Crippen LogP contribution in [0.2, 0.25) is 0 Å². The van der Waals surface area contributed by atoms with Gasteiger partial charge in [0.05, 0.1) is 11.3 Å². The monoisotopic (exact) mass is 379 g/mol. The molecule has 4 nitrogen and oxygen atoms in total. The first kappa shape index (κ1) is 17.9. The maximum atomic E-state index is 12.7. The van der Waals surface area contributed by atoms with Crippen LogP contribution in [-0.4, -0.2) is 29.7 Å². The Labute approximate surface area is 162 Å². The van der Waals surface area contributed by atoms with Gasteiger partial charge in [0.2, 0.25) is 0 Å². The standard InChI is InChI=1S/C22H21NO3S/c1-13-4-5-14(2)21-17(13)10-15(3)22(23-21)27-12-18(24)16-6-7-19-20(11-16)26-9-8-25-19/h4-7,10-11H,8-9,12H2,1-3H3. The third kappa shape index (κ3) is 3.52. The second-order valence-electron chi connectivity index (χ2n) is 6.78. The number of aryl methyl sites for hydroxylation is 3. The summed E-state index contributed by atoms with van der Waals surface area (Å²) in [4.78, 5) is 17.5. The summed E-state index contributed by atoms with van der Waals surface area (Å²) in [5.74, 6) is 1.73. The molecular weight excluding hydrogens is 358 g/mol. The molecule has 0 saturated carbocycles. The van der Waals surface area contributed by atoms with Crippen LogP contribution >= 0.6 is 11.8 Å². The number of fused-ring (bicyclic) bond motifs is 2. The summed E-state index contributed by atoms with van der Waals surface area (Å²) in [6.45, 7) is 7.27. The molecule has 0 spiro atoms. The maximum absolute atomic E-state index is 12.7. The molecule has 2 aromatic carbocycles. The highest BCUT2D eigenvalue weighted by atomic mass is 32.2. The van der Waals surface area contributed by atoms with Gasteiger partial charge in [-0.15, -0.1) is 0 Å². The van der Waals surface area contributed by atoms with E-state index in [0.29, 0.717) is 36.0 Å². The van der Waals surface area contributed by atoms with Crippen molar-refractivity contribution in [2.45, 2.75) is 25.8 Å². The molecule has 27 heavy (non-hydrogen) atoms. The Balaban J connectivity index is 1.55. The van der Waals surface area contributed by atoms with Crippen molar-refractivity contribution < 1.29 is 14.3 Å². The van der Waals surface area contributed by atoms with E-state index in [9.17, 15) is 4.79 Å². The van der Waals surface area contributed by atoms with E-state index in [1.54, 1.807) is 18.2 Å². The lowest BCUT2D eigenvalue weighted by molar-refractivity contribution is 0.102. The van der Waals surface area contributed by atoms with Crippen LogP contribution in [0.1, 0.15) is 27.0 Å². The van der Waals surface area contributed by atoms with Crippen molar-refractivity contribution >= 4 is 28.4 Å². The molecule has 138 valence electrons. The van der Waals surface area contributed by atoms with Crippen molar-refractivity contribution in [3.8, 4) is 11.5 Å². The van der Waals surface area contributed by atoms with Gasteiger partial charge in [-0.25, -0.2) is 4.98 Å². The average molecular weight is 379 g/mol. The predicted molar refractivity (Wildman–Crippen MR) is 108 cm³/mol. The summed E-state index contributed by atoms with van der Waals surface area (Å²) >= 11 is 1.48. The molecule has 0 N–H and O–H groups in total. The number of carbonyl (C=O) groups excluding carboxylic acids is 1. The predicted octanol–water partition coefficient (Wildman–Crippen LogP) is 4.91. The summed E-state index contributed by atoms with van der Waals surface area (Å²) in [7, 11) is 0. The molecule has 0 fully saturated rings. The van der Waals surface area contributed by atoms with Crippen LogP contribution < -0.4 is 9.47 Å². The minimum Gasteiger partial charge on any atom is -0.486 e. The van der Waals surface area contributed by atoms with Crippen LogP contribution in [0.4, 0.5) is 0 Å². The first-order valence-electron chi connectivity index (χ1n) is 8.96. The highest BCUT2D eigenvalue weighted by Crippen LogP contribution is 2.32. The summed E-state index contributed by atoms with van der Waals surface area (Å²) in [5.41, 5.74) is 5.11. The SMILES string of the molecule is Cc1cc2c(C)ccc(C)c2nc1SCC(=O)c1ccc2c(c1)OCCO2. The first-order valence-corrected chi connectivity index (χ1v) is 9.94. The van der Waals surface area contributed by atoms with Gasteiger partial charge in [-0.1, -0.05) is 23.9 Å². The van der Waals surface area contributed by atoms with Crippen molar-refractivity contribution in [3.05, 3.63) is 58.7 Å². The van der Waals surface area contributed by atoms with Crippen LogP contribution in [0.25, 0.3) is 10.9 Å². The lowest BCUT2D eigenvalue weighted by Crippen LogP contribution is -2.16. The summed E-state index contributed by atoms with van der Waals surface area (Å²) < 4.78 is 11.1. The van der Waals surface area contributed by atoms with Crippen LogP contribution in [0.15, 0.2) is 41.4 Å². The number of rotatable bonds is 4. The Bertz CT molecular complexity index is 1050. The topological polar surface area (TPSA) is 48.4 Å². The number of aromatic nitrogens is 1. The fourth-order valence-corrected chi connectivity index (χ4v) is 4.07. The Hall–Kier alpha value is -2.53. The van der Waals surface area contributed by atoms with E-state index in [1.807, 2.05) is 6.92 Å². The number of ketones is 1. The molecule has 2 heterocycles. The molecule has 5 heteroatoms. The number of Topliss-reactive ketones (excluding diaryl/α,β-unsaturated/α-hetero) is 1. The van der Waals surface area contributed by atoms with E-state index in [0.717, 1.165) is 21.7 Å². The lowest BCUT2D eigenvalue weighted by atomic mass is 10.0. The minimum atomic E-state index is 0.0548. The second-order valence-corrected chi connectivity index (χ2v) is 7.74. The normalized spacial score (nSPS) is 13.0. The largest absolute Gasteiger partial charge is 0.486 e. The molecule has 0 amide bonds. The van der Waals surface area contributed by atoms with Gasteiger partial charge < -0.3 is 9.47 Å². The number of ether oxygens (including phenoxy) is 2. The first-order chi connectivity index (χ1) is 13.0. The maximum Gasteiger partial charge on any atom is 0.173 e. The number of hydrogen-bond acceptors (Lipinski definition) is 5. The van der Waals surface area contributed by atoms with E-state index in [4.69, 9.17) is 14.5 Å². The Morgan fingerprint density at radius 3 is 2.52 bits per heavy atom. The third-order valence-corrected chi connectivity index (χ3v) is 5.85. The summed E-state index contributed by atoms with van der Waals surface area (Å²) in [6, 6.07) is 11.8. The highest BCUT2D eigenvalue weighted by Gasteiger charge is 2.16. The molecule has 3 aromatic rings. The van der Waals surface area contributed by atoms with E-state index < -0.39 is 0 Å². The molecule has 4 rings (SSSR count). The van der Waals surface area contributed by atoms with Crippen LogP contribution in [0.5, 0.6) is 11.5 Å². The van der Waals surface area contributed by atoms with E-state index in [1.165, 1.54) is 22.7 Å². The van der Waals surface area contributed by atoms with E-state index in [-0.39, 0.29) is 5.78 Å². The van der Waals surface area contributed by atoms with Crippen molar-refractivity contribution in [2.24, 2.45) is 0 Å². The molecule has 1 aliphatic rings. The van der Waals surface area contributed by atoms with Gasteiger partial charge in [0.15, 0.2) is 17.3 Å². The summed E-state index contributed by atoms with van der Waals surface area (Å²) in [6.07, 6.45) is 0.